The number of hydrogen-bond donors (Lipinski definition) is 3. The van der Waals surface area contributed by atoms with Crippen molar-refractivity contribution >= 4 is 162 Å². The smallest absolute Gasteiger partial charge is 0.327 e. The molecule has 0 aliphatic carbocycles. The summed E-state index contributed by atoms with van der Waals surface area (Å²) < 4.78 is 214. The molecule has 1 saturated heterocycles. The molecule has 10 atom stereocenters. The number of hydroxylamine groups is 1. The number of ether oxygens (including phenoxy) is 4. The Morgan fingerprint density at radius 3 is 1.06 bits per heavy atom. The molecule has 0 aromatic heterocycles. The van der Waals surface area contributed by atoms with Gasteiger partial charge in [0.25, 0.3) is 5.91 Å². The number of aldehydes is 1. The fourth-order valence-corrected chi connectivity index (χ4v) is 18.3. The predicted octanol–water partition coefficient (Wildman–Crippen LogP) is 15.4. The van der Waals surface area contributed by atoms with Crippen molar-refractivity contribution in [2.24, 2.45) is 25.8 Å². The number of oxime groups is 5. The van der Waals surface area contributed by atoms with Gasteiger partial charge in [-0.15, -0.1) is 24.3 Å². The van der Waals surface area contributed by atoms with Gasteiger partial charge >= 0.3 is 23.9 Å². The third-order valence-corrected chi connectivity index (χ3v) is 34.5. The monoisotopic (exact) mass is 2300 g/mol. The Hall–Kier alpha value is -11.2. The van der Waals surface area contributed by atoms with E-state index >= 15 is 0 Å². The summed E-state index contributed by atoms with van der Waals surface area (Å²) in [5.74, 6) is 8.59. The number of carboxylic acid groups (broad SMARTS) is 1. The van der Waals surface area contributed by atoms with Crippen LogP contribution in [0, 0.1) is 70.4 Å². The minimum atomic E-state index is -3.86. The number of halogens is 9. The lowest BCUT2D eigenvalue weighted by Crippen LogP contribution is -2.52. The Balaban J connectivity index is 0.000000305. The van der Waals surface area contributed by atoms with Gasteiger partial charge in [0.15, 0.2) is 79.2 Å². The molecule has 1 fully saturated rings. The van der Waals surface area contributed by atoms with Crippen LogP contribution in [0.25, 0.3) is 0 Å². The van der Waals surface area contributed by atoms with Crippen LogP contribution in [0.4, 0.5) is 26.3 Å². The van der Waals surface area contributed by atoms with Gasteiger partial charge in [-0.2, -0.15) is 0 Å². The Morgan fingerprint density at radius 1 is 0.465 bits per heavy atom. The fraction of sp³-hybridized carbons (Fsp3) is 0.433. The number of carbonyl (C=O) groups excluding carboxylic acids is 5. The summed E-state index contributed by atoms with van der Waals surface area (Å²) >= 11 is 9.04. The van der Waals surface area contributed by atoms with E-state index < -0.39 is 162 Å². The second-order valence-electron chi connectivity index (χ2n) is 33.6. The highest BCUT2D eigenvalue weighted by molar-refractivity contribution is 9.11. The molecule has 6 aromatic carbocycles. The first-order valence-corrected chi connectivity index (χ1v) is 55.5. The Morgan fingerprint density at radius 2 is 0.771 bits per heavy atom. The van der Waals surface area contributed by atoms with Gasteiger partial charge in [0.1, 0.15) is 65.6 Å². The largest absolute Gasteiger partial charge is 0.480 e. The van der Waals surface area contributed by atoms with Gasteiger partial charge in [-0.25, -0.2) is 78.7 Å². The van der Waals surface area contributed by atoms with Gasteiger partial charge in [0.2, 0.25) is 0 Å². The summed E-state index contributed by atoms with van der Waals surface area (Å²) in [6.45, 7) is 20.4. The van der Waals surface area contributed by atoms with E-state index in [1.54, 1.807) is 102 Å². The van der Waals surface area contributed by atoms with Gasteiger partial charge in [-0.05, 0) is 222 Å². The van der Waals surface area contributed by atoms with Crippen LogP contribution in [0.3, 0.4) is 0 Å². The molecule has 144 heavy (non-hydrogen) atoms. The number of esters is 3. The second-order valence-corrected chi connectivity index (χ2v) is 48.4. The number of carbonyl (C=O) groups is 6. The SMILES string of the molecule is C=CCC(C)(C(=O)OCC)S(C)(=O)=O.CC#Cc1ccc(C2=NOC(CC(C)(C(=O)NOC3CCCCO3)S(C)(=O)=O)C2)cc1F.CC#Cc1ccc(C2=NOC(CC(C)(C(=O)O)S(C)(=O)=O)C2)cc1F.CC#Cc1ccc(C2=NOC(CC(C)(C(=O)OCC)S(C)(=O)=O)C2)cc1F.CCOC(=O)C(C)(CC1CC(c2ccc(Br)c(F)c2)=NO1)S(C)(=O)=O.O/N=C/c1ccc(Br)c(F)c1.O=Cc1ccc(Br)c(F)c1. The van der Waals surface area contributed by atoms with Crippen LogP contribution < -0.4 is 5.48 Å². The van der Waals surface area contributed by atoms with Crippen molar-refractivity contribution < 1.29 is 151 Å². The van der Waals surface area contributed by atoms with Gasteiger partial charge < -0.3 is 48.6 Å². The minimum absolute atomic E-state index is 0.0602. The van der Waals surface area contributed by atoms with Gasteiger partial charge in [-0.1, -0.05) is 86.0 Å². The van der Waals surface area contributed by atoms with Gasteiger partial charge in [-0.3, -0.25) is 28.8 Å². The van der Waals surface area contributed by atoms with E-state index in [1.807, 2.05) is 0 Å². The van der Waals surface area contributed by atoms with Crippen molar-refractivity contribution in [2.75, 3.05) is 57.7 Å². The van der Waals surface area contributed by atoms with Crippen LogP contribution in [0.5, 0.6) is 0 Å². The molecule has 33 nitrogen and oxygen atoms in total. The zero-order valence-electron chi connectivity index (χ0n) is 81.3. The molecular weight excluding hydrogens is 2200 g/mol. The highest BCUT2D eigenvalue weighted by Gasteiger charge is 2.52. The summed E-state index contributed by atoms with van der Waals surface area (Å²) in [5.41, 5.74) is 7.86. The Bertz CT molecular complexity index is 6680. The number of sulfone groups is 5. The molecule has 5 heterocycles. The lowest BCUT2D eigenvalue weighted by atomic mass is 9.96. The van der Waals surface area contributed by atoms with Gasteiger partial charge in [0.05, 0.1) is 79.0 Å². The van der Waals surface area contributed by atoms with E-state index in [-0.39, 0.29) is 100 Å². The maximum Gasteiger partial charge on any atom is 0.327 e. The van der Waals surface area contributed by atoms with Crippen LogP contribution >= 0.6 is 47.8 Å². The fourth-order valence-electron chi connectivity index (χ4n) is 13.4. The lowest BCUT2D eigenvalue weighted by molar-refractivity contribution is -0.201. The van der Waals surface area contributed by atoms with Crippen LogP contribution in [0.15, 0.2) is 161 Å². The molecule has 47 heteroatoms. The number of nitrogens with one attached hydrogen (secondary N) is 1. The average molecular weight is 2310 g/mol. The average Bonchev–Trinajstić information content (AvgIpc) is 1.44. The zero-order chi connectivity index (χ0) is 108. The molecule has 0 bridgehead atoms. The predicted molar refractivity (Wildman–Crippen MR) is 538 cm³/mol. The summed E-state index contributed by atoms with van der Waals surface area (Å²) in [6, 6.07) is 26.7. The molecular formula is C97H111Br3F6N6O27S5. The number of amides is 1. The third-order valence-electron chi connectivity index (χ3n) is 22.7. The number of rotatable bonds is 31. The third kappa shape index (κ3) is 34.2. The molecule has 3 N–H and O–H groups in total. The standard InChI is InChI=1S/C22H27FN2O6S.C19H22FNO5S.C17H18FNO5S.C16H19BrFNO5S.C9H16O4S.C7H5BrFNO.C7H4BrFO/c1-4-7-15-9-10-16(12-18(15)23)19-13-17(30-24-19)14-22(2,32(3,27)28)21(26)25-31-20-8-5-6-11-29-20;1-5-7-13-8-9-14(10-16(13)20)17-11-15(26-21-17)12-19(3,27(4,23)24)18(22)25-6-2;1-4-5-11-6-7-12(8-14(11)18)15-9-13(24-19-15)10-17(2,16(20)21)25(3,22)23;1-4-23-15(20)16(2,25(3,21)22)9-11-8-14(19-24-11)10-5-6-12(17)13(18)7-10;1-5-7-9(3,14(4,11)12)8(10)13-6-2;8-6-2-1-5(4-10-11)3-7(6)9;8-6-2-1-5(4-10)3-7(6)9/h9-10,12,17,20H,5-6,8,11,13-14H2,1-3H3,(H,25,26);8-10,15H,6,11-12H2,1-4H3;6-8,13H,9-10H2,1-3H3,(H,20,21);5-7,11H,4,8-9H2,1-3H3;5H,1,6-7H2,2-4H3;1-4,11H;1-4H/b;;;;;10-4+;. The van der Waals surface area contributed by atoms with E-state index in [0.717, 1.165) is 57.3 Å². The molecule has 5 aliphatic rings. The second kappa shape index (κ2) is 54.8. The van der Waals surface area contributed by atoms with Crippen molar-refractivity contribution in [3.8, 4) is 35.5 Å². The van der Waals surface area contributed by atoms with E-state index in [0.29, 0.717) is 89.0 Å². The zero-order valence-corrected chi connectivity index (χ0v) is 90.2. The van der Waals surface area contributed by atoms with Crippen molar-refractivity contribution in [3.05, 3.63) is 220 Å². The first kappa shape index (κ1) is 123. The van der Waals surface area contributed by atoms with Crippen LogP contribution in [0.1, 0.15) is 208 Å². The molecule has 11 rings (SSSR count). The van der Waals surface area contributed by atoms with E-state index in [2.05, 4.69) is 121 Å². The quantitative estimate of drug-likeness (QED) is 0.00419. The number of hydrogen-bond acceptors (Lipinski definition) is 31. The Labute approximate surface area is 858 Å². The van der Waals surface area contributed by atoms with Crippen molar-refractivity contribution in [1.82, 2.24) is 5.48 Å². The highest BCUT2D eigenvalue weighted by Crippen LogP contribution is 2.37. The lowest BCUT2D eigenvalue weighted by Gasteiger charge is -2.29. The molecule has 0 radical (unpaired) electrons. The van der Waals surface area contributed by atoms with E-state index in [1.165, 1.54) is 82.3 Å². The molecule has 1 amide bonds. The molecule has 784 valence electrons. The summed E-state index contributed by atoms with van der Waals surface area (Å²) in [5, 5.41) is 35.9. The minimum Gasteiger partial charge on any atom is -0.480 e. The summed E-state index contributed by atoms with van der Waals surface area (Å²) in [6.07, 6.45) is 7.57. The first-order valence-electron chi connectivity index (χ1n) is 43.7. The normalized spacial score (nSPS) is 18.3. The van der Waals surface area contributed by atoms with E-state index in [9.17, 15) is 102 Å². The molecule has 0 spiro atoms. The van der Waals surface area contributed by atoms with Crippen molar-refractivity contribution in [1.29, 1.82) is 0 Å². The molecule has 10 unspecified atom stereocenters. The number of carboxylic acids is 1. The topological polar surface area (TPSA) is 470 Å². The Kier molecular flexibility index (Phi) is 46.9. The molecule has 0 saturated carbocycles. The van der Waals surface area contributed by atoms with Crippen molar-refractivity contribution in [3.63, 3.8) is 0 Å². The number of benzene rings is 6. The van der Waals surface area contributed by atoms with Crippen LogP contribution in [0.2, 0.25) is 0 Å². The van der Waals surface area contributed by atoms with Crippen molar-refractivity contribution in [2.45, 2.75) is 208 Å². The number of allylic oxidation sites excluding steroid dienone is 1. The molecule has 6 aromatic rings. The number of aliphatic carboxylic acids is 1. The van der Waals surface area contributed by atoms with E-state index in [4.69, 9.17) is 48.3 Å². The number of nitrogens with zero attached hydrogens (tertiary/aromatic N) is 5. The van der Waals surface area contributed by atoms with Crippen LogP contribution in [-0.2, 0) is 116 Å². The summed E-state index contributed by atoms with van der Waals surface area (Å²) in [7, 11) is -18.7. The first-order chi connectivity index (χ1) is 67.2. The summed E-state index contributed by atoms with van der Waals surface area (Å²) in [4.78, 5) is 96.7. The molecule has 5 aliphatic heterocycles. The maximum atomic E-state index is 14.2. The van der Waals surface area contributed by atoms with Gasteiger partial charge in [0, 0.05) is 123 Å². The highest BCUT2D eigenvalue weighted by atomic mass is 79.9. The maximum absolute atomic E-state index is 14.2. The van der Waals surface area contributed by atoms with Crippen LogP contribution in [-0.4, -0.2) is 230 Å².